The van der Waals surface area contributed by atoms with Gasteiger partial charge in [-0.3, -0.25) is 9.48 Å². The minimum absolute atomic E-state index is 0.0155. The maximum atomic E-state index is 13.7. The van der Waals surface area contributed by atoms with Crippen LogP contribution in [0.25, 0.3) is 22.3 Å². The van der Waals surface area contributed by atoms with Gasteiger partial charge < -0.3 is 10.3 Å². The number of aromatic nitrogens is 4. The van der Waals surface area contributed by atoms with Crippen LogP contribution in [0.15, 0.2) is 85.3 Å². The Labute approximate surface area is 203 Å². The van der Waals surface area contributed by atoms with Gasteiger partial charge in [0.05, 0.1) is 29.6 Å². The Balaban J connectivity index is 1.39. The Morgan fingerprint density at radius 3 is 2.63 bits per heavy atom. The Bertz CT molecular complexity index is 1510. The summed E-state index contributed by atoms with van der Waals surface area (Å²) in [6, 6.07) is 22.8. The molecule has 0 saturated carbocycles. The SMILES string of the molecule is Cn1cc(-c2ccc3c(C(=O)[C@H](NCCc4ccc(C#N)cc4)c4ccccc4)c[nH]c3n2)cn1. The number of nitrogens with zero attached hydrogens (tertiary/aromatic N) is 4. The molecule has 0 aliphatic heterocycles. The minimum Gasteiger partial charge on any atom is -0.345 e. The minimum atomic E-state index is -0.494. The maximum absolute atomic E-state index is 13.7. The standard InChI is InChI=1S/C28H24N6O/c1-34-18-22(16-32-34)25-12-11-23-24(17-31-28(23)33-25)27(35)26(21-5-3-2-4-6-21)30-14-13-19-7-9-20(15-29)10-8-19/h2-12,16-18,26,30H,13-14H2,1H3,(H,31,33)/t26-/m1/s1. The van der Waals surface area contributed by atoms with Crippen molar-refractivity contribution in [1.29, 1.82) is 5.26 Å². The van der Waals surface area contributed by atoms with E-state index in [1.54, 1.807) is 17.1 Å². The smallest absolute Gasteiger partial charge is 0.186 e. The fraction of sp³-hybridized carbons (Fsp3) is 0.143. The molecule has 7 nitrogen and oxygen atoms in total. The van der Waals surface area contributed by atoms with Gasteiger partial charge >= 0.3 is 0 Å². The number of ketones is 1. The molecular formula is C28H24N6O. The van der Waals surface area contributed by atoms with E-state index in [1.807, 2.05) is 80.0 Å². The van der Waals surface area contributed by atoms with Gasteiger partial charge in [-0.05, 0) is 41.8 Å². The van der Waals surface area contributed by atoms with Crippen LogP contribution in [0.4, 0.5) is 0 Å². The zero-order valence-corrected chi connectivity index (χ0v) is 19.3. The number of benzene rings is 2. The highest BCUT2D eigenvalue weighted by Crippen LogP contribution is 2.26. The van der Waals surface area contributed by atoms with Crippen LogP contribution in [0.5, 0.6) is 0 Å². The highest BCUT2D eigenvalue weighted by molar-refractivity contribution is 6.10. The van der Waals surface area contributed by atoms with Gasteiger partial charge in [0.1, 0.15) is 5.65 Å². The van der Waals surface area contributed by atoms with Gasteiger partial charge in [-0.2, -0.15) is 10.4 Å². The van der Waals surface area contributed by atoms with Crippen LogP contribution >= 0.6 is 0 Å². The molecule has 2 aromatic carbocycles. The summed E-state index contributed by atoms with van der Waals surface area (Å²) in [4.78, 5) is 21.6. The lowest BCUT2D eigenvalue weighted by atomic mass is 9.97. The zero-order valence-electron chi connectivity index (χ0n) is 19.3. The van der Waals surface area contributed by atoms with Crippen LogP contribution in [-0.2, 0) is 13.5 Å². The molecule has 0 bridgehead atoms. The second kappa shape index (κ2) is 9.75. The molecule has 2 N–H and O–H groups in total. The van der Waals surface area contributed by atoms with Gasteiger partial charge in [-0.15, -0.1) is 0 Å². The summed E-state index contributed by atoms with van der Waals surface area (Å²) in [6.07, 6.45) is 6.16. The van der Waals surface area contributed by atoms with Crippen molar-refractivity contribution in [1.82, 2.24) is 25.1 Å². The predicted octanol–water partition coefficient (Wildman–Crippen LogP) is 4.59. The van der Waals surface area contributed by atoms with Crippen molar-refractivity contribution in [2.75, 3.05) is 6.54 Å². The van der Waals surface area contributed by atoms with Crippen molar-refractivity contribution in [2.24, 2.45) is 7.05 Å². The molecule has 3 aromatic heterocycles. The average Bonchev–Trinajstić information content (AvgIpc) is 3.53. The summed E-state index contributed by atoms with van der Waals surface area (Å²) in [7, 11) is 1.87. The number of rotatable bonds is 8. The van der Waals surface area contributed by atoms with Gasteiger partial charge in [-0.1, -0.05) is 42.5 Å². The molecule has 5 aromatic rings. The molecule has 172 valence electrons. The highest BCUT2D eigenvalue weighted by atomic mass is 16.1. The molecule has 35 heavy (non-hydrogen) atoms. The molecule has 3 heterocycles. The third-order valence-electron chi connectivity index (χ3n) is 6.05. The van der Waals surface area contributed by atoms with Gasteiger partial charge in [0.2, 0.25) is 0 Å². The van der Waals surface area contributed by atoms with Crippen LogP contribution in [0.3, 0.4) is 0 Å². The number of hydrogen-bond acceptors (Lipinski definition) is 5. The van der Waals surface area contributed by atoms with E-state index in [0.29, 0.717) is 23.3 Å². The van der Waals surface area contributed by atoms with Gasteiger partial charge in [0.15, 0.2) is 5.78 Å². The van der Waals surface area contributed by atoms with Gasteiger partial charge in [0, 0.05) is 42.5 Å². The Morgan fingerprint density at radius 2 is 1.91 bits per heavy atom. The number of Topliss-reactive ketones (excluding diaryl/α,β-unsaturated/α-hetero) is 1. The molecule has 0 aliphatic rings. The van der Waals surface area contributed by atoms with E-state index in [2.05, 4.69) is 21.5 Å². The maximum Gasteiger partial charge on any atom is 0.186 e. The molecule has 0 saturated heterocycles. The van der Waals surface area contributed by atoms with Crippen LogP contribution in [-0.4, -0.2) is 32.1 Å². The third kappa shape index (κ3) is 4.74. The number of carbonyl (C=O) groups excluding carboxylic acids is 1. The van der Waals surface area contributed by atoms with Crippen molar-refractivity contribution in [3.63, 3.8) is 0 Å². The zero-order chi connectivity index (χ0) is 24.2. The predicted molar refractivity (Wildman–Crippen MR) is 135 cm³/mol. The average molecular weight is 461 g/mol. The lowest BCUT2D eigenvalue weighted by Gasteiger charge is -2.18. The second-order valence-electron chi connectivity index (χ2n) is 8.42. The molecular weight excluding hydrogens is 436 g/mol. The molecule has 0 fully saturated rings. The molecule has 5 rings (SSSR count). The van der Waals surface area contributed by atoms with E-state index < -0.39 is 6.04 Å². The Kier molecular flexibility index (Phi) is 6.20. The molecule has 0 aliphatic carbocycles. The summed E-state index contributed by atoms with van der Waals surface area (Å²) in [5, 5.41) is 17.4. The normalized spacial score (nSPS) is 11.9. The van der Waals surface area contributed by atoms with Gasteiger partial charge in [-0.25, -0.2) is 4.98 Å². The first-order valence-corrected chi connectivity index (χ1v) is 11.4. The van der Waals surface area contributed by atoms with E-state index in [9.17, 15) is 4.79 Å². The first-order valence-electron chi connectivity index (χ1n) is 11.4. The van der Waals surface area contributed by atoms with E-state index in [0.717, 1.165) is 34.2 Å². The second-order valence-corrected chi connectivity index (χ2v) is 8.42. The Morgan fingerprint density at radius 1 is 1.11 bits per heavy atom. The lowest BCUT2D eigenvalue weighted by Crippen LogP contribution is -2.30. The highest BCUT2D eigenvalue weighted by Gasteiger charge is 2.24. The molecule has 7 heteroatoms. The largest absolute Gasteiger partial charge is 0.345 e. The van der Waals surface area contributed by atoms with E-state index in [1.165, 1.54) is 0 Å². The van der Waals surface area contributed by atoms with Crippen molar-refractivity contribution in [2.45, 2.75) is 12.5 Å². The van der Waals surface area contributed by atoms with Crippen molar-refractivity contribution >= 4 is 16.8 Å². The number of pyridine rings is 1. The summed E-state index contributed by atoms with van der Waals surface area (Å²) >= 11 is 0. The van der Waals surface area contributed by atoms with Crippen LogP contribution in [0.1, 0.15) is 33.1 Å². The summed E-state index contributed by atoms with van der Waals surface area (Å²) in [5.74, 6) is -0.0155. The van der Waals surface area contributed by atoms with Crippen LogP contribution < -0.4 is 5.32 Å². The molecule has 0 radical (unpaired) electrons. The van der Waals surface area contributed by atoms with Crippen molar-refractivity contribution < 1.29 is 4.79 Å². The van der Waals surface area contributed by atoms with E-state index >= 15 is 0 Å². The number of hydrogen-bond donors (Lipinski definition) is 2. The van der Waals surface area contributed by atoms with Crippen LogP contribution in [0.2, 0.25) is 0 Å². The lowest BCUT2D eigenvalue weighted by molar-refractivity contribution is 0.0945. The molecule has 0 spiro atoms. The fourth-order valence-corrected chi connectivity index (χ4v) is 4.19. The quantitative estimate of drug-likeness (QED) is 0.330. The number of H-pyrrole nitrogens is 1. The van der Waals surface area contributed by atoms with E-state index in [-0.39, 0.29) is 5.78 Å². The van der Waals surface area contributed by atoms with Gasteiger partial charge in [0.25, 0.3) is 0 Å². The van der Waals surface area contributed by atoms with Crippen LogP contribution in [0, 0.1) is 11.3 Å². The first kappa shape index (κ1) is 22.3. The third-order valence-corrected chi connectivity index (χ3v) is 6.05. The molecule has 0 amide bonds. The number of nitriles is 1. The first-order chi connectivity index (χ1) is 17.1. The van der Waals surface area contributed by atoms with E-state index in [4.69, 9.17) is 10.2 Å². The summed E-state index contributed by atoms with van der Waals surface area (Å²) in [6.45, 7) is 0.614. The van der Waals surface area contributed by atoms with Crippen molar-refractivity contribution in [3.8, 4) is 17.3 Å². The topological polar surface area (TPSA) is 99.4 Å². The molecule has 1 atom stereocenters. The number of carbonyl (C=O) groups is 1. The monoisotopic (exact) mass is 460 g/mol. The van der Waals surface area contributed by atoms with Crippen molar-refractivity contribution in [3.05, 3.63) is 108 Å². The fourth-order valence-electron chi connectivity index (χ4n) is 4.19. The summed E-state index contributed by atoms with van der Waals surface area (Å²) < 4.78 is 1.74. The Hall–Kier alpha value is -4.54. The number of fused-ring (bicyclic) bond motifs is 1. The summed E-state index contributed by atoms with van der Waals surface area (Å²) in [5.41, 5.74) is 5.64. The molecule has 0 unspecified atom stereocenters. The number of nitrogens with one attached hydrogen (secondary N) is 2. The number of aryl methyl sites for hydroxylation is 1. The number of aromatic amines is 1.